The van der Waals surface area contributed by atoms with Gasteiger partial charge in [0, 0.05) is 17.8 Å². The van der Waals surface area contributed by atoms with Crippen LogP contribution in [0.25, 0.3) is 0 Å². The third kappa shape index (κ3) is 3.40. The molecule has 0 aromatic carbocycles. The Kier molecular flexibility index (Phi) is 3.94. The first kappa shape index (κ1) is 12.3. The van der Waals surface area contributed by atoms with Gasteiger partial charge in [0.25, 0.3) is 0 Å². The zero-order valence-corrected chi connectivity index (χ0v) is 10.6. The molecule has 1 aliphatic carbocycles. The standard InChI is InChI=1S/C13H21N3O/c1-9-8-13(16-10(2)15-9)17-12-7-5-3-4-6-11(12)14/h8,11-12H,3-7,14H2,1-2H3. The summed E-state index contributed by atoms with van der Waals surface area (Å²) in [6.07, 6.45) is 5.85. The SMILES string of the molecule is Cc1cc(OC2CCCCCC2N)nc(C)n1. The van der Waals surface area contributed by atoms with E-state index in [0.717, 1.165) is 24.4 Å². The van der Waals surface area contributed by atoms with Gasteiger partial charge in [-0.05, 0) is 33.1 Å². The van der Waals surface area contributed by atoms with E-state index in [1.54, 1.807) is 0 Å². The molecule has 4 nitrogen and oxygen atoms in total. The van der Waals surface area contributed by atoms with E-state index >= 15 is 0 Å². The van der Waals surface area contributed by atoms with Crippen LogP contribution in [0.5, 0.6) is 5.88 Å². The molecule has 4 heteroatoms. The fourth-order valence-corrected chi connectivity index (χ4v) is 2.35. The van der Waals surface area contributed by atoms with Crippen LogP contribution in [0.3, 0.4) is 0 Å². The maximum absolute atomic E-state index is 6.13. The van der Waals surface area contributed by atoms with Crippen LogP contribution in [-0.2, 0) is 0 Å². The smallest absolute Gasteiger partial charge is 0.217 e. The highest BCUT2D eigenvalue weighted by Gasteiger charge is 2.22. The van der Waals surface area contributed by atoms with Crippen LogP contribution in [0.1, 0.15) is 43.6 Å². The van der Waals surface area contributed by atoms with Crippen molar-refractivity contribution in [3.63, 3.8) is 0 Å². The molecule has 1 aliphatic rings. The number of nitrogens with zero attached hydrogens (tertiary/aromatic N) is 2. The van der Waals surface area contributed by atoms with Gasteiger partial charge in [-0.2, -0.15) is 4.98 Å². The maximum atomic E-state index is 6.13. The van der Waals surface area contributed by atoms with E-state index in [4.69, 9.17) is 10.5 Å². The van der Waals surface area contributed by atoms with Crippen molar-refractivity contribution in [3.05, 3.63) is 17.6 Å². The van der Waals surface area contributed by atoms with Crippen LogP contribution in [0, 0.1) is 13.8 Å². The first-order valence-corrected chi connectivity index (χ1v) is 6.39. The van der Waals surface area contributed by atoms with Gasteiger partial charge in [0.05, 0.1) is 0 Å². The third-order valence-electron chi connectivity index (χ3n) is 3.22. The maximum Gasteiger partial charge on any atom is 0.217 e. The molecular weight excluding hydrogens is 214 g/mol. The van der Waals surface area contributed by atoms with Gasteiger partial charge in [-0.3, -0.25) is 0 Å². The monoisotopic (exact) mass is 235 g/mol. The summed E-state index contributed by atoms with van der Waals surface area (Å²) in [6, 6.07) is 2.01. The van der Waals surface area contributed by atoms with Crippen molar-refractivity contribution in [1.82, 2.24) is 9.97 Å². The van der Waals surface area contributed by atoms with Crippen LogP contribution in [-0.4, -0.2) is 22.1 Å². The number of aryl methyl sites for hydroxylation is 2. The van der Waals surface area contributed by atoms with Crippen LogP contribution in [0.15, 0.2) is 6.07 Å². The second-order valence-corrected chi connectivity index (χ2v) is 4.85. The van der Waals surface area contributed by atoms with Gasteiger partial charge in [0.1, 0.15) is 11.9 Å². The topological polar surface area (TPSA) is 61.0 Å². The normalized spacial score (nSPS) is 25.4. The average Bonchev–Trinajstić information content (AvgIpc) is 2.43. The molecule has 2 unspecified atom stereocenters. The minimum Gasteiger partial charge on any atom is -0.473 e. The summed E-state index contributed by atoms with van der Waals surface area (Å²) < 4.78 is 5.93. The highest BCUT2D eigenvalue weighted by Crippen LogP contribution is 2.21. The Balaban J connectivity index is 2.07. The second kappa shape index (κ2) is 5.45. The van der Waals surface area contributed by atoms with E-state index in [-0.39, 0.29) is 12.1 Å². The lowest BCUT2D eigenvalue weighted by molar-refractivity contribution is 0.155. The van der Waals surface area contributed by atoms with Crippen LogP contribution in [0.4, 0.5) is 0 Å². The molecule has 94 valence electrons. The first-order valence-electron chi connectivity index (χ1n) is 6.39. The lowest BCUT2D eigenvalue weighted by Gasteiger charge is -2.22. The summed E-state index contributed by atoms with van der Waals surface area (Å²) in [4.78, 5) is 8.55. The number of hydrogen-bond donors (Lipinski definition) is 1. The zero-order chi connectivity index (χ0) is 12.3. The van der Waals surface area contributed by atoms with Crippen molar-refractivity contribution in [2.75, 3.05) is 0 Å². The summed E-state index contributed by atoms with van der Waals surface area (Å²) in [7, 11) is 0. The van der Waals surface area contributed by atoms with Crippen molar-refractivity contribution < 1.29 is 4.74 Å². The Hall–Kier alpha value is -1.16. The lowest BCUT2D eigenvalue weighted by atomic mass is 10.1. The molecule has 0 bridgehead atoms. The fraction of sp³-hybridized carbons (Fsp3) is 0.692. The number of nitrogens with two attached hydrogens (primary N) is 1. The van der Waals surface area contributed by atoms with E-state index in [0.29, 0.717) is 5.88 Å². The predicted molar refractivity (Wildman–Crippen MR) is 67.0 cm³/mol. The van der Waals surface area contributed by atoms with E-state index < -0.39 is 0 Å². The predicted octanol–water partition coefficient (Wildman–Crippen LogP) is 2.13. The van der Waals surface area contributed by atoms with E-state index in [9.17, 15) is 0 Å². The molecule has 2 rings (SSSR count). The highest BCUT2D eigenvalue weighted by molar-refractivity contribution is 5.15. The van der Waals surface area contributed by atoms with Crippen LogP contribution in [0.2, 0.25) is 0 Å². The molecular formula is C13H21N3O. The molecule has 17 heavy (non-hydrogen) atoms. The molecule has 2 N–H and O–H groups in total. The molecule has 1 saturated carbocycles. The molecule has 1 heterocycles. The largest absolute Gasteiger partial charge is 0.473 e. The van der Waals surface area contributed by atoms with Crippen LogP contribution >= 0.6 is 0 Å². The molecule has 0 amide bonds. The van der Waals surface area contributed by atoms with Gasteiger partial charge in [-0.15, -0.1) is 0 Å². The summed E-state index contributed by atoms with van der Waals surface area (Å²) in [5, 5.41) is 0. The molecule has 0 saturated heterocycles. The minimum absolute atomic E-state index is 0.103. The zero-order valence-electron chi connectivity index (χ0n) is 10.6. The Morgan fingerprint density at radius 1 is 1.18 bits per heavy atom. The molecule has 0 radical (unpaired) electrons. The number of ether oxygens (including phenoxy) is 1. The van der Waals surface area contributed by atoms with Gasteiger partial charge in [-0.25, -0.2) is 4.98 Å². The summed E-state index contributed by atoms with van der Waals surface area (Å²) in [5.74, 6) is 1.42. The Morgan fingerprint density at radius 3 is 2.71 bits per heavy atom. The Labute approximate surface area is 103 Å². The molecule has 1 aromatic rings. The average molecular weight is 235 g/mol. The molecule has 0 spiro atoms. The summed E-state index contributed by atoms with van der Waals surface area (Å²) in [5.41, 5.74) is 7.07. The first-order chi connectivity index (χ1) is 8.15. The molecule has 0 aliphatic heterocycles. The second-order valence-electron chi connectivity index (χ2n) is 4.85. The minimum atomic E-state index is 0.103. The number of aromatic nitrogens is 2. The van der Waals surface area contributed by atoms with Crippen molar-refractivity contribution in [2.45, 2.75) is 58.1 Å². The van der Waals surface area contributed by atoms with Gasteiger partial charge < -0.3 is 10.5 Å². The van der Waals surface area contributed by atoms with Crippen molar-refractivity contribution in [3.8, 4) is 5.88 Å². The Bertz CT molecular complexity index is 361. The van der Waals surface area contributed by atoms with E-state index in [1.807, 2.05) is 19.9 Å². The summed E-state index contributed by atoms with van der Waals surface area (Å²) in [6.45, 7) is 3.83. The fourth-order valence-electron chi connectivity index (χ4n) is 2.35. The van der Waals surface area contributed by atoms with Crippen molar-refractivity contribution >= 4 is 0 Å². The highest BCUT2D eigenvalue weighted by atomic mass is 16.5. The van der Waals surface area contributed by atoms with E-state index in [2.05, 4.69) is 9.97 Å². The van der Waals surface area contributed by atoms with Gasteiger partial charge >= 0.3 is 0 Å². The Morgan fingerprint density at radius 2 is 1.94 bits per heavy atom. The van der Waals surface area contributed by atoms with Gasteiger partial charge in [0.15, 0.2) is 0 Å². The number of rotatable bonds is 2. The van der Waals surface area contributed by atoms with Crippen molar-refractivity contribution in [2.24, 2.45) is 5.73 Å². The third-order valence-corrected chi connectivity index (χ3v) is 3.22. The van der Waals surface area contributed by atoms with E-state index in [1.165, 1.54) is 19.3 Å². The number of hydrogen-bond acceptors (Lipinski definition) is 4. The van der Waals surface area contributed by atoms with Crippen molar-refractivity contribution in [1.29, 1.82) is 0 Å². The quantitative estimate of drug-likeness (QED) is 0.798. The molecule has 2 atom stereocenters. The lowest BCUT2D eigenvalue weighted by Crippen LogP contribution is -2.38. The molecule has 1 fully saturated rings. The van der Waals surface area contributed by atoms with Crippen LogP contribution < -0.4 is 10.5 Å². The van der Waals surface area contributed by atoms with Gasteiger partial charge in [-0.1, -0.05) is 12.8 Å². The molecule has 1 aromatic heterocycles. The van der Waals surface area contributed by atoms with Gasteiger partial charge in [0.2, 0.25) is 5.88 Å². The summed E-state index contributed by atoms with van der Waals surface area (Å²) >= 11 is 0.